The average Bonchev–Trinajstić information content (AvgIpc) is 3.61. The number of nitrogens with zero attached hydrogens (tertiary/aromatic N) is 4. The van der Waals surface area contributed by atoms with Crippen molar-refractivity contribution in [2.45, 2.75) is 94.2 Å². The Morgan fingerprint density at radius 2 is 1.16 bits per heavy atom. The minimum atomic E-state index is -0.344. The molecule has 0 atom stereocenters. The number of hydrogen-bond acceptors (Lipinski definition) is 7. The summed E-state index contributed by atoms with van der Waals surface area (Å²) in [5.41, 5.74) is 9.83. The lowest BCUT2D eigenvalue weighted by Gasteiger charge is -2.31. The van der Waals surface area contributed by atoms with Crippen LogP contribution in [-0.4, -0.2) is 27.2 Å². The van der Waals surface area contributed by atoms with Crippen LogP contribution in [-0.2, 0) is 11.1 Å². The number of aromatic nitrogens is 3. The van der Waals surface area contributed by atoms with Crippen LogP contribution < -0.4 is 21.4 Å². The topological polar surface area (TPSA) is 90.3 Å². The largest absolute Gasteiger partial charge is 0.422 e. The second kappa shape index (κ2) is 15.1. The minimum Gasteiger partial charge on any atom is -0.422 e. The van der Waals surface area contributed by atoms with Gasteiger partial charge in [0.05, 0.1) is 37.8 Å². The number of fused-ring (bicyclic) bond motifs is 6. The van der Waals surface area contributed by atoms with Crippen LogP contribution in [0.2, 0.25) is 0 Å². The molecule has 312 valence electrons. The van der Waals surface area contributed by atoms with Crippen LogP contribution >= 0.6 is 11.3 Å². The zero-order valence-corrected chi connectivity index (χ0v) is 38.1. The normalized spacial score (nSPS) is 12.3. The molecule has 0 aliphatic carbocycles. The van der Waals surface area contributed by atoms with E-state index >= 15 is 0 Å². The van der Waals surface area contributed by atoms with Crippen LogP contribution in [0.15, 0.2) is 104 Å². The highest BCUT2D eigenvalue weighted by Crippen LogP contribution is 2.35. The molecule has 0 aliphatic heterocycles. The van der Waals surface area contributed by atoms with Gasteiger partial charge in [0.25, 0.3) is 0 Å². The van der Waals surface area contributed by atoms with Crippen molar-refractivity contribution in [2.24, 2.45) is 0 Å². The molecule has 4 heterocycles. The van der Waals surface area contributed by atoms with Crippen molar-refractivity contribution in [1.29, 1.82) is 0 Å². The number of hydrogen-bond donors (Lipinski definition) is 0. The number of pyridine rings is 2. The Morgan fingerprint density at radius 3 is 1.66 bits per heavy atom. The van der Waals surface area contributed by atoms with E-state index in [0.29, 0.717) is 26.9 Å². The monoisotopic (exact) mass is 830 g/mol. The van der Waals surface area contributed by atoms with Gasteiger partial charge < -0.3 is 18.5 Å². The van der Waals surface area contributed by atoms with Gasteiger partial charge in [-0.05, 0) is 160 Å². The van der Waals surface area contributed by atoms with Gasteiger partial charge in [-0.3, -0.25) is 9.59 Å². The maximum Gasteiger partial charge on any atom is 0.346 e. The maximum absolute atomic E-state index is 14.1. The summed E-state index contributed by atoms with van der Waals surface area (Å²) in [5, 5.41) is 4.41. The summed E-state index contributed by atoms with van der Waals surface area (Å²) in [6, 6.07) is 28.1. The number of aryl methyl sites for hydroxylation is 4. The zero-order valence-electron chi connectivity index (χ0n) is 37.3. The first-order chi connectivity index (χ1) is 28.8. The molecule has 9 heteroatoms. The van der Waals surface area contributed by atoms with Gasteiger partial charge in [0, 0.05) is 62.9 Å². The Hall–Kier alpha value is -6.06. The average molecular weight is 831 g/mol. The molecule has 0 unspecified atom stereocenters. The van der Waals surface area contributed by atoms with Crippen molar-refractivity contribution in [3.63, 3.8) is 0 Å². The van der Waals surface area contributed by atoms with E-state index in [9.17, 15) is 14.4 Å². The van der Waals surface area contributed by atoms with E-state index in [4.69, 9.17) is 4.42 Å². The number of thiazole rings is 1. The summed E-state index contributed by atoms with van der Waals surface area (Å²) in [6.45, 7) is 27.1. The molecule has 0 amide bonds. The van der Waals surface area contributed by atoms with E-state index in [1.54, 1.807) is 0 Å². The summed E-state index contributed by atoms with van der Waals surface area (Å²) >= 11 is 1.51. The highest BCUT2D eigenvalue weighted by molar-refractivity contribution is 7.21. The standard InChI is InChI=1S/C32H36N2O2.C20H18N2O2S/c1-17-11-19(3)27-25(13-17)33(31(5,6)7)23-15-22-24(16-21(23)29(27)35)34(32(8,9)10)26-14-18(2)12-20(4)28(26)30(22)36;1-3-22(4-2)14-10-9-13-11-15(20(23)24-17(13)12-14)19-21-16-7-5-6-8-18(16)25-19/h11-16H,1-10H3;5-12H,3-4H2,1-2H3. The van der Waals surface area contributed by atoms with Gasteiger partial charge in [0.15, 0.2) is 10.9 Å². The molecule has 0 N–H and O–H groups in total. The van der Waals surface area contributed by atoms with Gasteiger partial charge in [-0.2, -0.15) is 0 Å². The fourth-order valence-corrected chi connectivity index (χ4v) is 10.1. The molecule has 8 nitrogen and oxygen atoms in total. The first-order valence-electron chi connectivity index (χ1n) is 21.1. The number of anilines is 1. The van der Waals surface area contributed by atoms with Crippen LogP contribution in [0.1, 0.15) is 77.6 Å². The highest BCUT2D eigenvalue weighted by atomic mass is 32.1. The summed E-state index contributed by atoms with van der Waals surface area (Å²) in [7, 11) is 0. The van der Waals surface area contributed by atoms with Crippen molar-refractivity contribution in [1.82, 2.24) is 14.1 Å². The fraction of sp³-hybridized carbons (Fsp3) is 0.308. The molecule has 0 saturated heterocycles. The first-order valence-corrected chi connectivity index (χ1v) is 21.9. The van der Waals surface area contributed by atoms with Crippen molar-refractivity contribution < 1.29 is 4.42 Å². The Labute approximate surface area is 359 Å². The molecule has 0 saturated carbocycles. The molecule has 9 aromatic rings. The molecule has 0 aliphatic rings. The van der Waals surface area contributed by atoms with Gasteiger partial charge in [0.2, 0.25) is 0 Å². The van der Waals surface area contributed by atoms with Crippen LogP contribution in [0.4, 0.5) is 5.69 Å². The van der Waals surface area contributed by atoms with Crippen LogP contribution in [0.25, 0.3) is 75.4 Å². The zero-order chi connectivity index (χ0) is 43.9. The van der Waals surface area contributed by atoms with E-state index in [1.807, 2.05) is 68.4 Å². The van der Waals surface area contributed by atoms with Gasteiger partial charge in [-0.25, -0.2) is 9.78 Å². The van der Waals surface area contributed by atoms with Crippen molar-refractivity contribution in [3.8, 4) is 10.6 Å². The number of benzene rings is 5. The number of para-hydroxylation sites is 1. The quantitative estimate of drug-likeness (QED) is 0.130. The molecule has 9 rings (SSSR count). The molecule has 5 aromatic carbocycles. The summed E-state index contributed by atoms with van der Waals surface area (Å²) in [6.07, 6.45) is 0. The van der Waals surface area contributed by atoms with Gasteiger partial charge >= 0.3 is 5.63 Å². The molecule has 0 radical (unpaired) electrons. The lowest BCUT2D eigenvalue weighted by atomic mass is 9.95. The van der Waals surface area contributed by atoms with Crippen LogP contribution in [0.3, 0.4) is 0 Å². The second-order valence-electron chi connectivity index (χ2n) is 18.3. The van der Waals surface area contributed by atoms with Crippen LogP contribution in [0.5, 0.6) is 0 Å². The Morgan fingerprint density at radius 1 is 0.639 bits per heavy atom. The van der Waals surface area contributed by atoms with E-state index in [2.05, 4.69) is 119 Å². The molecular formula is C52H54N4O4S. The van der Waals surface area contributed by atoms with Crippen molar-refractivity contribution in [2.75, 3.05) is 18.0 Å². The maximum atomic E-state index is 14.1. The third-order valence-corrected chi connectivity index (χ3v) is 12.7. The Kier molecular flexibility index (Phi) is 10.3. The van der Waals surface area contributed by atoms with E-state index in [-0.39, 0.29) is 27.6 Å². The smallest absolute Gasteiger partial charge is 0.346 e. The van der Waals surface area contributed by atoms with Crippen molar-refractivity contribution in [3.05, 3.63) is 138 Å². The lowest BCUT2D eigenvalue weighted by molar-refractivity contribution is 0.420. The molecule has 61 heavy (non-hydrogen) atoms. The van der Waals surface area contributed by atoms with E-state index in [0.717, 1.165) is 89.5 Å². The molecule has 0 bridgehead atoms. The fourth-order valence-electron chi connectivity index (χ4n) is 9.14. The van der Waals surface area contributed by atoms with Gasteiger partial charge in [-0.1, -0.05) is 24.3 Å². The second-order valence-corrected chi connectivity index (χ2v) is 19.4. The Bertz CT molecular complexity index is 3250. The first kappa shape index (κ1) is 41.7. The molecule has 0 spiro atoms. The number of rotatable bonds is 4. The van der Waals surface area contributed by atoms with Crippen molar-refractivity contribution >= 4 is 81.8 Å². The molecule has 0 fully saturated rings. The molecule has 4 aromatic heterocycles. The predicted octanol–water partition coefficient (Wildman–Crippen LogP) is 12.3. The summed E-state index contributed by atoms with van der Waals surface area (Å²) < 4.78 is 11.2. The highest BCUT2D eigenvalue weighted by Gasteiger charge is 2.26. The third kappa shape index (κ3) is 7.22. The minimum absolute atomic E-state index is 0.0216. The van der Waals surface area contributed by atoms with E-state index < -0.39 is 0 Å². The predicted molar refractivity (Wildman–Crippen MR) is 259 cm³/mol. The SMILES string of the molecule is CCN(CC)c1ccc2cc(-c3nc4ccccc4s3)c(=O)oc2c1.Cc1cc(C)c2c(=O)c3cc4c(cc3n(C(C)(C)C)c2c1)c(=O)c1c(C)cc(C)cc1n4C(C)(C)C. The Balaban J connectivity index is 0.000000180. The van der Waals surface area contributed by atoms with E-state index in [1.165, 1.54) is 11.3 Å². The van der Waals surface area contributed by atoms with Crippen LogP contribution in [0, 0.1) is 27.7 Å². The third-order valence-electron chi connectivity index (χ3n) is 11.7. The summed E-state index contributed by atoms with van der Waals surface area (Å²) in [5.74, 6) is 0. The van der Waals surface area contributed by atoms with Gasteiger partial charge in [-0.15, -0.1) is 11.3 Å². The van der Waals surface area contributed by atoms with Gasteiger partial charge in [0.1, 0.15) is 10.6 Å². The summed E-state index contributed by atoms with van der Waals surface area (Å²) in [4.78, 5) is 47.4. The molecular weight excluding hydrogens is 777 g/mol. The lowest BCUT2D eigenvalue weighted by Crippen LogP contribution is -2.28.